The highest BCUT2D eigenvalue weighted by molar-refractivity contribution is 5.77. The van der Waals surface area contributed by atoms with Crippen molar-refractivity contribution in [3.63, 3.8) is 0 Å². The SMILES string of the molecule is C[C@H](O)c1ccccc1OCC(=O)N1CCCCCC1. The second kappa shape index (κ2) is 7.29. The lowest BCUT2D eigenvalue weighted by atomic mass is 10.1. The van der Waals surface area contributed by atoms with Gasteiger partial charge in [-0.2, -0.15) is 0 Å². The molecule has 1 aliphatic heterocycles. The first kappa shape index (κ1) is 14.9. The number of amides is 1. The van der Waals surface area contributed by atoms with E-state index in [1.165, 1.54) is 12.8 Å². The van der Waals surface area contributed by atoms with Crippen LogP contribution in [-0.4, -0.2) is 35.6 Å². The van der Waals surface area contributed by atoms with Crippen LogP contribution in [0, 0.1) is 0 Å². The van der Waals surface area contributed by atoms with Crippen LogP contribution in [0.25, 0.3) is 0 Å². The lowest BCUT2D eigenvalue weighted by Crippen LogP contribution is -2.35. The Morgan fingerprint density at radius 2 is 1.90 bits per heavy atom. The molecule has 1 saturated heterocycles. The third-order valence-corrected chi connectivity index (χ3v) is 3.68. The number of likely N-dealkylation sites (tertiary alicyclic amines) is 1. The summed E-state index contributed by atoms with van der Waals surface area (Å²) in [5.74, 6) is 0.623. The van der Waals surface area contributed by atoms with E-state index in [2.05, 4.69) is 0 Å². The Morgan fingerprint density at radius 3 is 2.55 bits per heavy atom. The molecule has 20 heavy (non-hydrogen) atoms. The highest BCUT2D eigenvalue weighted by Crippen LogP contribution is 2.24. The molecule has 0 aliphatic carbocycles. The van der Waals surface area contributed by atoms with Gasteiger partial charge in [0.1, 0.15) is 5.75 Å². The van der Waals surface area contributed by atoms with E-state index >= 15 is 0 Å². The summed E-state index contributed by atoms with van der Waals surface area (Å²) in [5, 5.41) is 9.68. The van der Waals surface area contributed by atoms with Gasteiger partial charge in [-0.3, -0.25) is 4.79 Å². The Bertz CT molecular complexity index is 437. The van der Waals surface area contributed by atoms with Crippen molar-refractivity contribution in [2.45, 2.75) is 38.7 Å². The summed E-state index contributed by atoms with van der Waals surface area (Å²) in [4.78, 5) is 14.0. The quantitative estimate of drug-likeness (QED) is 0.920. The van der Waals surface area contributed by atoms with Crippen LogP contribution in [0.1, 0.15) is 44.3 Å². The van der Waals surface area contributed by atoms with Crippen LogP contribution in [0.2, 0.25) is 0 Å². The van der Waals surface area contributed by atoms with E-state index in [4.69, 9.17) is 4.74 Å². The van der Waals surface area contributed by atoms with Crippen molar-refractivity contribution in [2.75, 3.05) is 19.7 Å². The molecule has 1 fully saturated rings. The number of aliphatic hydroxyl groups is 1. The molecule has 0 bridgehead atoms. The third kappa shape index (κ3) is 3.97. The minimum Gasteiger partial charge on any atom is -0.483 e. The van der Waals surface area contributed by atoms with Gasteiger partial charge >= 0.3 is 0 Å². The largest absolute Gasteiger partial charge is 0.483 e. The van der Waals surface area contributed by atoms with E-state index in [9.17, 15) is 9.90 Å². The smallest absolute Gasteiger partial charge is 0.260 e. The van der Waals surface area contributed by atoms with Crippen LogP contribution in [0.5, 0.6) is 5.75 Å². The van der Waals surface area contributed by atoms with Gasteiger partial charge in [0.15, 0.2) is 6.61 Å². The molecule has 0 aromatic heterocycles. The Morgan fingerprint density at radius 1 is 1.25 bits per heavy atom. The number of ether oxygens (including phenoxy) is 1. The summed E-state index contributed by atoms with van der Waals surface area (Å²) in [7, 11) is 0. The normalized spacial score (nSPS) is 17.4. The van der Waals surface area contributed by atoms with E-state index in [0.29, 0.717) is 5.75 Å². The van der Waals surface area contributed by atoms with E-state index in [1.54, 1.807) is 13.0 Å². The number of aliphatic hydroxyl groups excluding tert-OH is 1. The molecular formula is C16H23NO3. The lowest BCUT2D eigenvalue weighted by molar-refractivity contribution is -0.133. The number of nitrogens with zero attached hydrogens (tertiary/aromatic N) is 1. The van der Waals surface area contributed by atoms with Crippen molar-refractivity contribution in [3.05, 3.63) is 29.8 Å². The van der Waals surface area contributed by atoms with Gasteiger partial charge in [-0.15, -0.1) is 0 Å². The van der Waals surface area contributed by atoms with Crippen molar-refractivity contribution in [1.29, 1.82) is 0 Å². The maximum absolute atomic E-state index is 12.1. The highest BCUT2D eigenvalue weighted by atomic mass is 16.5. The summed E-state index contributed by atoms with van der Waals surface area (Å²) in [5.41, 5.74) is 0.719. The zero-order valence-electron chi connectivity index (χ0n) is 12.0. The Labute approximate surface area is 120 Å². The van der Waals surface area contributed by atoms with Gasteiger partial charge in [0.25, 0.3) is 5.91 Å². The first-order valence-electron chi connectivity index (χ1n) is 7.36. The number of rotatable bonds is 4. The van der Waals surface area contributed by atoms with Crippen LogP contribution in [-0.2, 0) is 4.79 Å². The van der Waals surface area contributed by atoms with Gasteiger partial charge in [-0.25, -0.2) is 0 Å². The molecule has 1 N–H and O–H groups in total. The molecule has 0 saturated carbocycles. The van der Waals surface area contributed by atoms with Gasteiger partial charge in [0.2, 0.25) is 0 Å². The Kier molecular flexibility index (Phi) is 5.41. The predicted molar refractivity (Wildman–Crippen MR) is 77.6 cm³/mol. The molecule has 1 heterocycles. The summed E-state index contributed by atoms with van der Waals surface area (Å²) in [6.07, 6.45) is 3.97. The lowest BCUT2D eigenvalue weighted by Gasteiger charge is -2.21. The number of benzene rings is 1. The van der Waals surface area contributed by atoms with Gasteiger partial charge in [0.05, 0.1) is 6.10 Å². The molecule has 4 nitrogen and oxygen atoms in total. The van der Waals surface area contributed by atoms with Crippen LogP contribution >= 0.6 is 0 Å². The molecule has 1 atom stereocenters. The maximum Gasteiger partial charge on any atom is 0.260 e. The molecule has 1 aromatic carbocycles. The van der Waals surface area contributed by atoms with Gasteiger partial charge < -0.3 is 14.7 Å². The zero-order chi connectivity index (χ0) is 14.4. The summed E-state index contributed by atoms with van der Waals surface area (Å²) in [6.45, 7) is 3.41. The molecule has 0 spiro atoms. The molecule has 2 rings (SSSR count). The number of hydrogen-bond acceptors (Lipinski definition) is 3. The minimum absolute atomic E-state index is 0.0345. The van der Waals surface area contributed by atoms with Crippen molar-refractivity contribution in [2.24, 2.45) is 0 Å². The summed E-state index contributed by atoms with van der Waals surface area (Å²) < 4.78 is 5.60. The zero-order valence-corrected chi connectivity index (χ0v) is 12.0. The molecule has 1 aliphatic rings. The van der Waals surface area contributed by atoms with Gasteiger partial charge in [-0.05, 0) is 25.8 Å². The summed E-state index contributed by atoms with van der Waals surface area (Å²) >= 11 is 0. The van der Waals surface area contributed by atoms with Crippen LogP contribution in [0.4, 0.5) is 0 Å². The fourth-order valence-corrected chi connectivity index (χ4v) is 2.51. The molecule has 110 valence electrons. The van der Waals surface area contributed by atoms with Crippen LogP contribution in [0.3, 0.4) is 0 Å². The first-order valence-corrected chi connectivity index (χ1v) is 7.36. The highest BCUT2D eigenvalue weighted by Gasteiger charge is 2.17. The van der Waals surface area contributed by atoms with Crippen molar-refractivity contribution < 1.29 is 14.6 Å². The molecule has 4 heteroatoms. The fourth-order valence-electron chi connectivity index (χ4n) is 2.51. The van der Waals surface area contributed by atoms with Crippen molar-refractivity contribution in [1.82, 2.24) is 4.90 Å². The Hall–Kier alpha value is -1.55. The minimum atomic E-state index is -0.598. The first-order chi connectivity index (χ1) is 9.68. The number of para-hydroxylation sites is 1. The molecule has 0 radical (unpaired) electrons. The van der Waals surface area contributed by atoms with E-state index in [0.717, 1.165) is 31.5 Å². The van der Waals surface area contributed by atoms with E-state index < -0.39 is 6.10 Å². The fraction of sp³-hybridized carbons (Fsp3) is 0.562. The third-order valence-electron chi connectivity index (χ3n) is 3.68. The van der Waals surface area contributed by atoms with Crippen molar-refractivity contribution >= 4 is 5.91 Å². The maximum atomic E-state index is 12.1. The average Bonchev–Trinajstić information content (AvgIpc) is 2.74. The van der Waals surface area contributed by atoms with Crippen LogP contribution < -0.4 is 4.74 Å². The molecule has 1 aromatic rings. The molecule has 1 amide bonds. The van der Waals surface area contributed by atoms with E-state index in [-0.39, 0.29) is 12.5 Å². The van der Waals surface area contributed by atoms with E-state index in [1.807, 2.05) is 23.1 Å². The second-order valence-corrected chi connectivity index (χ2v) is 5.30. The molecule has 0 unspecified atom stereocenters. The van der Waals surface area contributed by atoms with Gasteiger partial charge in [0, 0.05) is 18.7 Å². The van der Waals surface area contributed by atoms with Gasteiger partial charge in [-0.1, -0.05) is 31.0 Å². The topological polar surface area (TPSA) is 49.8 Å². The number of hydrogen-bond donors (Lipinski definition) is 1. The van der Waals surface area contributed by atoms with Crippen molar-refractivity contribution in [3.8, 4) is 5.75 Å². The predicted octanol–water partition coefficient (Wildman–Crippen LogP) is 2.52. The molecular weight excluding hydrogens is 254 g/mol. The standard InChI is InChI=1S/C16H23NO3/c1-13(18)14-8-4-5-9-15(14)20-12-16(19)17-10-6-2-3-7-11-17/h4-5,8-9,13,18H,2-3,6-7,10-12H2,1H3/t13-/m0/s1. The summed E-state index contributed by atoms with van der Waals surface area (Å²) in [6, 6.07) is 7.30. The second-order valence-electron chi connectivity index (χ2n) is 5.30. The average molecular weight is 277 g/mol. The Balaban J connectivity index is 1.92. The van der Waals surface area contributed by atoms with Crippen LogP contribution in [0.15, 0.2) is 24.3 Å². The monoisotopic (exact) mass is 277 g/mol. The number of carbonyl (C=O) groups excluding carboxylic acids is 1. The number of carbonyl (C=O) groups is 1.